The first-order valence-corrected chi connectivity index (χ1v) is 10.9. The number of aromatic nitrogens is 1. The molecule has 32 heavy (non-hydrogen) atoms. The number of carbonyl (C=O) groups is 2. The van der Waals surface area contributed by atoms with Gasteiger partial charge in [0.1, 0.15) is 18.2 Å². The lowest BCUT2D eigenvalue weighted by Gasteiger charge is -2.18. The van der Waals surface area contributed by atoms with Crippen LogP contribution in [-0.2, 0) is 9.59 Å². The number of amides is 2. The van der Waals surface area contributed by atoms with E-state index in [1.54, 1.807) is 54.9 Å². The lowest BCUT2D eigenvalue weighted by Crippen LogP contribution is -2.29. The predicted molar refractivity (Wildman–Crippen MR) is 125 cm³/mol. The molecule has 0 spiro atoms. The van der Waals surface area contributed by atoms with Crippen molar-refractivity contribution in [2.24, 2.45) is 0 Å². The van der Waals surface area contributed by atoms with Crippen LogP contribution in [0.3, 0.4) is 0 Å². The molecule has 0 radical (unpaired) electrons. The van der Waals surface area contributed by atoms with Gasteiger partial charge in [-0.2, -0.15) is 0 Å². The van der Waals surface area contributed by atoms with Gasteiger partial charge < -0.3 is 9.64 Å². The van der Waals surface area contributed by atoms with Gasteiger partial charge in [0.15, 0.2) is 5.13 Å². The minimum atomic E-state index is -0.521. The summed E-state index contributed by atoms with van der Waals surface area (Å²) in [5.74, 6) is -0.438. The van der Waals surface area contributed by atoms with E-state index in [4.69, 9.17) is 16.3 Å². The number of rotatable bonds is 8. The maximum absolute atomic E-state index is 14.2. The van der Waals surface area contributed by atoms with Crippen LogP contribution < -0.4 is 9.64 Å². The van der Waals surface area contributed by atoms with Crippen molar-refractivity contribution in [2.45, 2.75) is 6.92 Å². The van der Waals surface area contributed by atoms with Gasteiger partial charge in [-0.3, -0.25) is 14.5 Å². The highest BCUT2D eigenvalue weighted by Crippen LogP contribution is 2.31. The Bertz CT molecular complexity index is 1120. The quantitative estimate of drug-likeness (QED) is 0.423. The number of nitrogens with zero attached hydrogens (tertiary/aromatic N) is 3. The molecule has 2 amide bonds. The number of carbonyl (C=O) groups excluding carboxylic acids is 2. The standard InChI is InChI=1S/C23H21ClFN3O3S/c1-16(29)28(21-6-4-3-5-20(21)25)23-26-18(15-32-23)9-12-22(30)27(2)13-14-31-19-10-7-17(24)8-11-19/h3-12,15H,13-14H2,1-2H3/b12-9+. The maximum atomic E-state index is 14.2. The molecule has 0 aliphatic rings. The van der Waals surface area contributed by atoms with Gasteiger partial charge >= 0.3 is 0 Å². The molecule has 2 aromatic carbocycles. The number of para-hydroxylation sites is 1. The average Bonchev–Trinajstić information content (AvgIpc) is 3.23. The molecule has 0 bridgehead atoms. The SMILES string of the molecule is CC(=O)N(c1nc(/C=C/C(=O)N(C)CCOc2ccc(Cl)cc2)cs1)c1ccccc1F. The van der Waals surface area contributed by atoms with Crippen LogP contribution >= 0.6 is 22.9 Å². The monoisotopic (exact) mass is 473 g/mol. The van der Waals surface area contributed by atoms with Crippen LogP contribution in [0.5, 0.6) is 5.75 Å². The van der Waals surface area contributed by atoms with Crippen molar-refractivity contribution in [1.29, 1.82) is 0 Å². The molecular weight excluding hydrogens is 453 g/mol. The first-order chi connectivity index (χ1) is 15.3. The van der Waals surface area contributed by atoms with Gasteiger partial charge in [0, 0.05) is 30.5 Å². The molecule has 9 heteroatoms. The van der Waals surface area contributed by atoms with Crippen molar-refractivity contribution in [1.82, 2.24) is 9.88 Å². The second kappa shape index (κ2) is 10.9. The van der Waals surface area contributed by atoms with Gasteiger partial charge in [-0.25, -0.2) is 9.37 Å². The molecule has 1 aromatic heterocycles. The molecule has 3 rings (SSSR count). The summed E-state index contributed by atoms with van der Waals surface area (Å²) in [4.78, 5) is 31.5. The molecule has 166 valence electrons. The van der Waals surface area contributed by atoms with Crippen molar-refractivity contribution in [3.63, 3.8) is 0 Å². The van der Waals surface area contributed by atoms with Crippen molar-refractivity contribution in [2.75, 3.05) is 25.1 Å². The fourth-order valence-electron chi connectivity index (χ4n) is 2.72. The van der Waals surface area contributed by atoms with Crippen LogP contribution in [0.1, 0.15) is 12.6 Å². The fraction of sp³-hybridized carbons (Fsp3) is 0.174. The molecule has 0 atom stereocenters. The van der Waals surface area contributed by atoms with Crippen LogP contribution in [0.25, 0.3) is 6.08 Å². The molecule has 0 unspecified atom stereocenters. The minimum absolute atomic E-state index is 0.126. The number of halogens is 2. The predicted octanol–water partition coefficient (Wildman–Crippen LogP) is 5.17. The summed E-state index contributed by atoms with van der Waals surface area (Å²) in [5, 5.41) is 2.64. The Kier molecular flexibility index (Phi) is 7.97. The van der Waals surface area contributed by atoms with Crippen molar-refractivity contribution < 1.29 is 18.7 Å². The summed E-state index contributed by atoms with van der Waals surface area (Å²) in [6, 6.07) is 13.0. The molecular formula is C23H21ClFN3O3S. The third-order valence-electron chi connectivity index (χ3n) is 4.39. The Morgan fingerprint density at radius 1 is 1.19 bits per heavy atom. The Morgan fingerprint density at radius 3 is 2.59 bits per heavy atom. The third kappa shape index (κ3) is 6.15. The largest absolute Gasteiger partial charge is 0.492 e. The topological polar surface area (TPSA) is 62.7 Å². The number of likely N-dealkylation sites (N-methyl/N-ethyl adjacent to an activating group) is 1. The molecule has 0 aliphatic heterocycles. The number of anilines is 2. The molecule has 0 saturated carbocycles. The summed E-state index contributed by atoms with van der Waals surface area (Å²) >= 11 is 7.02. The summed E-state index contributed by atoms with van der Waals surface area (Å²) in [6.45, 7) is 2.06. The zero-order valence-electron chi connectivity index (χ0n) is 17.5. The van der Waals surface area contributed by atoms with Gasteiger partial charge in [0.05, 0.1) is 17.9 Å². The van der Waals surface area contributed by atoms with E-state index in [-0.39, 0.29) is 17.5 Å². The van der Waals surface area contributed by atoms with E-state index >= 15 is 0 Å². The number of hydrogen-bond acceptors (Lipinski definition) is 5. The lowest BCUT2D eigenvalue weighted by atomic mass is 10.3. The van der Waals surface area contributed by atoms with E-state index in [1.165, 1.54) is 46.3 Å². The summed E-state index contributed by atoms with van der Waals surface area (Å²) in [7, 11) is 1.67. The molecule has 0 N–H and O–H groups in total. The van der Waals surface area contributed by atoms with E-state index in [1.807, 2.05) is 0 Å². The zero-order chi connectivity index (χ0) is 23.1. The molecule has 6 nitrogen and oxygen atoms in total. The van der Waals surface area contributed by atoms with Crippen LogP contribution in [0.2, 0.25) is 5.02 Å². The van der Waals surface area contributed by atoms with Crippen LogP contribution in [0.15, 0.2) is 60.0 Å². The van der Waals surface area contributed by atoms with E-state index < -0.39 is 5.82 Å². The number of hydrogen-bond donors (Lipinski definition) is 0. The number of ether oxygens (including phenoxy) is 1. The number of thiazole rings is 1. The summed E-state index contributed by atoms with van der Waals surface area (Å²) in [5.41, 5.74) is 0.619. The highest BCUT2D eigenvalue weighted by atomic mass is 35.5. The van der Waals surface area contributed by atoms with Gasteiger partial charge in [0.2, 0.25) is 11.8 Å². The Labute approximate surface area is 194 Å². The molecule has 0 fully saturated rings. The Morgan fingerprint density at radius 2 is 1.91 bits per heavy atom. The third-order valence-corrected chi connectivity index (χ3v) is 5.49. The normalized spacial score (nSPS) is 10.9. The average molecular weight is 474 g/mol. The van der Waals surface area contributed by atoms with E-state index in [2.05, 4.69) is 4.98 Å². The number of benzene rings is 2. The summed E-state index contributed by atoms with van der Waals surface area (Å²) in [6.07, 6.45) is 2.95. The van der Waals surface area contributed by atoms with Crippen molar-refractivity contribution in [3.8, 4) is 5.75 Å². The van der Waals surface area contributed by atoms with Crippen molar-refractivity contribution >= 4 is 51.6 Å². The first-order valence-electron chi connectivity index (χ1n) is 9.67. The van der Waals surface area contributed by atoms with E-state index in [0.29, 0.717) is 34.7 Å². The molecule has 0 aliphatic carbocycles. The molecule has 1 heterocycles. The zero-order valence-corrected chi connectivity index (χ0v) is 19.1. The lowest BCUT2D eigenvalue weighted by molar-refractivity contribution is -0.125. The van der Waals surface area contributed by atoms with E-state index in [0.717, 1.165) is 0 Å². The van der Waals surface area contributed by atoms with Gasteiger partial charge in [-0.1, -0.05) is 23.7 Å². The van der Waals surface area contributed by atoms with Gasteiger partial charge in [0.25, 0.3) is 0 Å². The highest BCUT2D eigenvalue weighted by molar-refractivity contribution is 7.14. The summed E-state index contributed by atoms with van der Waals surface area (Å²) < 4.78 is 19.8. The molecule has 3 aromatic rings. The fourth-order valence-corrected chi connectivity index (χ4v) is 3.70. The first kappa shape index (κ1) is 23.4. The maximum Gasteiger partial charge on any atom is 0.246 e. The Hall–Kier alpha value is -3.23. The minimum Gasteiger partial charge on any atom is -0.492 e. The van der Waals surface area contributed by atoms with Gasteiger partial charge in [-0.05, 0) is 42.5 Å². The van der Waals surface area contributed by atoms with Crippen LogP contribution in [0, 0.1) is 5.82 Å². The second-order valence-corrected chi connectivity index (χ2v) is 8.03. The van der Waals surface area contributed by atoms with Crippen LogP contribution in [-0.4, -0.2) is 41.9 Å². The smallest absolute Gasteiger partial charge is 0.246 e. The Balaban J connectivity index is 1.59. The van der Waals surface area contributed by atoms with Gasteiger partial charge in [-0.15, -0.1) is 11.3 Å². The van der Waals surface area contributed by atoms with Crippen molar-refractivity contribution in [3.05, 3.63) is 76.5 Å². The van der Waals surface area contributed by atoms with E-state index in [9.17, 15) is 14.0 Å². The second-order valence-electron chi connectivity index (χ2n) is 6.76. The molecule has 0 saturated heterocycles. The van der Waals surface area contributed by atoms with Crippen LogP contribution in [0.4, 0.5) is 15.2 Å². The highest BCUT2D eigenvalue weighted by Gasteiger charge is 2.20.